The van der Waals surface area contributed by atoms with Crippen LogP contribution < -0.4 is 10.5 Å². The van der Waals surface area contributed by atoms with E-state index in [2.05, 4.69) is 0 Å². The molecular weight excluding hydrogens is 252 g/mol. The first-order valence-corrected chi connectivity index (χ1v) is 7.13. The molecule has 1 aromatic carbocycles. The molecule has 0 bridgehead atoms. The number of rotatable bonds is 5. The van der Waals surface area contributed by atoms with Gasteiger partial charge in [0.05, 0.1) is 6.61 Å². The lowest BCUT2D eigenvalue weighted by Crippen LogP contribution is -2.28. The molecule has 4 nitrogen and oxygen atoms in total. The third kappa shape index (κ3) is 3.84. The van der Waals surface area contributed by atoms with Crippen LogP contribution in [0.4, 0.5) is 0 Å². The number of ether oxygens (including phenoxy) is 1. The summed E-state index contributed by atoms with van der Waals surface area (Å²) >= 11 is 0. The quantitative estimate of drug-likeness (QED) is 0.834. The number of hydrogen-bond donors (Lipinski definition) is 1. The average molecular weight is 274 g/mol. The molecule has 0 aliphatic carbocycles. The second-order valence-electron chi connectivity index (χ2n) is 5.01. The number of amides is 1. The Balaban J connectivity index is 1.90. The first kappa shape index (κ1) is 14.6. The Labute approximate surface area is 120 Å². The van der Waals surface area contributed by atoms with Crippen LogP contribution in [0.3, 0.4) is 0 Å². The second-order valence-corrected chi connectivity index (χ2v) is 5.01. The smallest absolute Gasteiger partial charge is 0.246 e. The van der Waals surface area contributed by atoms with E-state index >= 15 is 0 Å². The van der Waals surface area contributed by atoms with Crippen molar-refractivity contribution in [2.24, 2.45) is 11.7 Å². The van der Waals surface area contributed by atoms with Crippen molar-refractivity contribution in [3.05, 3.63) is 35.9 Å². The fourth-order valence-electron chi connectivity index (χ4n) is 2.34. The van der Waals surface area contributed by atoms with Gasteiger partial charge >= 0.3 is 0 Å². The van der Waals surface area contributed by atoms with Gasteiger partial charge in [-0.15, -0.1) is 0 Å². The van der Waals surface area contributed by atoms with E-state index in [0.717, 1.165) is 30.8 Å². The maximum Gasteiger partial charge on any atom is 0.246 e. The Morgan fingerprint density at radius 3 is 2.80 bits per heavy atom. The minimum absolute atomic E-state index is 0.0647. The number of carbonyl (C=O) groups excluding carboxylic acids is 1. The van der Waals surface area contributed by atoms with Crippen LogP contribution in [0.5, 0.6) is 5.75 Å². The standard InChI is InChI=1S/C16H22N2O2/c1-2-20-15-6-3-13(4-7-15)5-8-16(19)18-10-9-14(11-17)12-18/h3-8,14H,2,9-12,17H2,1H3. The molecule has 1 atom stereocenters. The molecule has 0 saturated carbocycles. The third-order valence-corrected chi connectivity index (χ3v) is 3.54. The highest BCUT2D eigenvalue weighted by Gasteiger charge is 2.23. The van der Waals surface area contributed by atoms with Gasteiger partial charge in [-0.05, 0) is 49.6 Å². The number of likely N-dealkylation sites (tertiary alicyclic amines) is 1. The van der Waals surface area contributed by atoms with Crippen molar-refractivity contribution in [3.8, 4) is 5.75 Å². The predicted octanol–water partition coefficient (Wildman–Crippen LogP) is 1.91. The summed E-state index contributed by atoms with van der Waals surface area (Å²) in [5, 5.41) is 0. The minimum atomic E-state index is 0.0647. The van der Waals surface area contributed by atoms with Crippen LogP contribution in [0, 0.1) is 5.92 Å². The number of nitrogens with zero attached hydrogens (tertiary/aromatic N) is 1. The Bertz CT molecular complexity index is 468. The lowest BCUT2D eigenvalue weighted by Gasteiger charge is -2.13. The van der Waals surface area contributed by atoms with Crippen LogP contribution in [0.2, 0.25) is 0 Å². The highest BCUT2D eigenvalue weighted by atomic mass is 16.5. The summed E-state index contributed by atoms with van der Waals surface area (Å²) < 4.78 is 5.38. The highest BCUT2D eigenvalue weighted by molar-refractivity contribution is 5.91. The van der Waals surface area contributed by atoms with E-state index in [4.69, 9.17) is 10.5 Å². The van der Waals surface area contributed by atoms with E-state index in [0.29, 0.717) is 19.1 Å². The summed E-state index contributed by atoms with van der Waals surface area (Å²) in [6.07, 6.45) is 4.49. The zero-order chi connectivity index (χ0) is 14.4. The van der Waals surface area contributed by atoms with Crippen LogP contribution >= 0.6 is 0 Å². The van der Waals surface area contributed by atoms with E-state index in [-0.39, 0.29) is 5.91 Å². The second kappa shape index (κ2) is 7.10. The Kier molecular flexibility index (Phi) is 5.18. The normalized spacial score (nSPS) is 18.7. The van der Waals surface area contributed by atoms with E-state index in [1.54, 1.807) is 6.08 Å². The molecule has 1 aliphatic rings. The lowest BCUT2D eigenvalue weighted by molar-refractivity contribution is -0.125. The van der Waals surface area contributed by atoms with Gasteiger partial charge in [-0.3, -0.25) is 4.79 Å². The van der Waals surface area contributed by atoms with Crippen molar-refractivity contribution >= 4 is 12.0 Å². The van der Waals surface area contributed by atoms with Crippen LogP contribution in [0.15, 0.2) is 30.3 Å². The number of benzene rings is 1. The SMILES string of the molecule is CCOc1ccc(C=CC(=O)N2CCC(CN)C2)cc1. The Hall–Kier alpha value is -1.81. The molecule has 0 aromatic heterocycles. The summed E-state index contributed by atoms with van der Waals surface area (Å²) in [5.74, 6) is 1.37. The molecule has 1 heterocycles. The van der Waals surface area contributed by atoms with Crippen LogP contribution in [-0.4, -0.2) is 37.0 Å². The minimum Gasteiger partial charge on any atom is -0.494 e. The summed E-state index contributed by atoms with van der Waals surface area (Å²) in [6.45, 7) is 4.87. The van der Waals surface area contributed by atoms with Crippen molar-refractivity contribution in [3.63, 3.8) is 0 Å². The summed E-state index contributed by atoms with van der Waals surface area (Å²) in [4.78, 5) is 13.9. The fourth-order valence-corrected chi connectivity index (χ4v) is 2.34. The summed E-state index contributed by atoms with van der Waals surface area (Å²) in [7, 11) is 0. The van der Waals surface area contributed by atoms with E-state index in [9.17, 15) is 4.79 Å². The van der Waals surface area contributed by atoms with E-state index in [1.807, 2.05) is 42.2 Å². The third-order valence-electron chi connectivity index (χ3n) is 3.54. The molecule has 108 valence electrons. The van der Waals surface area contributed by atoms with Crippen molar-refractivity contribution in [2.75, 3.05) is 26.2 Å². The monoisotopic (exact) mass is 274 g/mol. The highest BCUT2D eigenvalue weighted by Crippen LogP contribution is 2.16. The van der Waals surface area contributed by atoms with Crippen molar-refractivity contribution in [2.45, 2.75) is 13.3 Å². The van der Waals surface area contributed by atoms with Crippen LogP contribution in [-0.2, 0) is 4.79 Å². The van der Waals surface area contributed by atoms with Gasteiger partial charge in [-0.25, -0.2) is 0 Å². The molecule has 1 aliphatic heterocycles. The molecule has 1 amide bonds. The van der Waals surface area contributed by atoms with Crippen molar-refractivity contribution < 1.29 is 9.53 Å². The van der Waals surface area contributed by atoms with Crippen LogP contribution in [0.1, 0.15) is 18.9 Å². The lowest BCUT2D eigenvalue weighted by atomic mass is 10.1. The molecule has 4 heteroatoms. The molecule has 1 aromatic rings. The first-order valence-electron chi connectivity index (χ1n) is 7.13. The van der Waals surface area contributed by atoms with Gasteiger partial charge in [0, 0.05) is 19.2 Å². The molecule has 0 spiro atoms. The molecule has 2 N–H and O–H groups in total. The molecule has 1 fully saturated rings. The largest absolute Gasteiger partial charge is 0.494 e. The number of hydrogen-bond acceptors (Lipinski definition) is 3. The Morgan fingerprint density at radius 1 is 1.45 bits per heavy atom. The van der Waals surface area contributed by atoms with E-state index in [1.165, 1.54) is 0 Å². The number of carbonyl (C=O) groups is 1. The van der Waals surface area contributed by atoms with Crippen molar-refractivity contribution in [1.82, 2.24) is 4.90 Å². The topological polar surface area (TPSA) is 55.6 Å². The number of nitrogens with two attached hydrogens (primary N) is 1. The zero-order valence-electron chi connectivity index (χ0n) is 11.9. The summed E-state index contributed by atoms with van der Waals surface area (Å²) in [5.41, 5.74) is 6.63. The van der Waals surface area contributed by atoms with Gasteiger partial charge in [0.15, 0.2) is 0 Å². The van der Waals surface area contributed by atoms with Gasteiger partial charge < -0.3 is 15.4 Å². The maximum atomic E-state index is 12.0. The molecule has 20 heavy (non-hydrogen) atoms. The molecule has 0 radical (unpaired) electrons. The maximum absolute atomic E-state index is 12.0. The van der Waals surface area contributed by atoms with Crippen LogP contribution in [0.25, 0.3) is 6.08 Å². The molecule has 1 saturated heterocycles. The average Bonchev–Trinajstić information content (AvgIpc) is 2.95. The predicted molar refractivity (Wildman–Crippen MR) is 80.4 cm³/mol. The summed E-state index contributed by atoms with van der Waals surface area (Å²) in [6, 6.07) is 7.71. The Morgan fingerprint density at radius 2 is 2.20 bits per heavy atom. The van der Waals surface area contributed by atoms with Gasteiger partial charge in [0.1, 0.15) is 5.75 Å². The molecule has 1 unspecified atom stereocenters. The zero-order valence-corrected chi connectivity index (χ0v) is 11.9. The van der Waals surface area contributed by atoms with Crippen molar-refractivity contribution in [1.29, 1.82) is 0 Å². The van der Waals surface area contributed by atoms with Gasteiger partial charge in [-0.1, -0.05) is 12.1 Å². The molecular formula is C16H22N2O2. The first-order chi connectivity index (χ1) is 9.72. The molecule has 2 rings (SSSR count). The fraction of sp³-hybridized carbons (Fsp3) is 0.438. The van der Waals surface area contributed by atoms with E-state index < -0.39 is 0 Å². The van der Waals surface area contributed by atoms with Gasteiger partial charge in [-0.2, -0.15) is 0 Å². The van der Waals surface area contributed by atoms with Gasteiger partial charge in [0.25, 0.3) is 0 Å². The van der Waals surface area contributed by atoms with Gasteiger partial charge in [0.2, 0.25) is 5.91 Å².